The van der Waals surface area contributed by atoms with Gasteiger partial charge in [0.25, 0.3) is 0 Å². The van der Waals surface area contributed by atoms with Gasteiger partial charge in [-0.3, -0.25) is 5.84 Å². The first-order valence-electron chi connectivity index (χ1n) is 4.63. The number of nitrogens with one attached hydrogen (secondary N) is 1. The van der Waals surface area contributed by atoms with Gasteiger partial charge in [-0.1, -0.05) is 34.8 Å². The second-order valence-corrected chi connectivity index (χ2v) is 4.46. The van der Waals surface area contributed by atoms with E-state index in [4.69, 9.17) is 51.2 Å². The highest BCUT2D eigenvalue weighted by Crippen LogP contribution is 2.38. The van der Waals surface area contributed by atoms with Gasteiger partial charge in [0.1, 0.15) is 12.1 Å². The summed E-state index contributed by atoms with van der Waals surface area (Å²) in [5.74, 6) is 5.31. The van der Waals surface area contributed by atoms with Crippen molar-refractivity contribution in [2.75, 3.05) is 0 Å². The predicted molar refractivity (Wildman–Crippen MR) is 71.7 cm³/mol. The van der Waals surface area contributed by atoms with Crippen molar-refractivity contribution in [3.05, 3.63) is 37.8 Å². The van der Waals surface area contributed by atoms with Crippen LogP contribution >= 0.6 is 34.8 Å². The first-order valence-corrected chi connectivity index (χ1v) is 5.76. The molecule has 0 atom stereocenters. The molecule has 7 heteroatoms. The molecule has 1 rings (SSSR count). The normalized spacial score (nSPS) is 9.28. The summed E-state index contributed by atoms with van der Waals surface area (Å²) < 4.78 is 0. The lowest BCUT2D eigenvalue weighted by Gasteiger charge is -2.13. The van der Waals surface area contributed by atoms with Gasteiger partial charge in [-0.25, -0.2) is 0 Å². The van der Waals surface area contributed by atoms with Crippen molar-refractivity contribution in [3.8, 4) is 12.1 Å². The summed E-state index contributed by atoms with van der Waals surface area (Å²) >= 11 is 18.1. The summed E-state index contributed by atoms with van der Waals surface area (Å²) in [5, 5.41) is 18.4. The van der Waals surface area contributed by atoms with Crippen molar-refractivity contribution in [2.24, 2.45) is 5.84 Å². The quantitative estimate of drug-likeness (QED) is 0.380. The summed E-state index contributed by atoms with van der Waals surface area (Å²) in [6.45, 7) is 1.73. The van der Waals surface area contributed by atoms with Crippen LogP contribution < -0.4 is 11.3 Å². The van der Waals surface area contributed by atoms with Gasteiger partial charge in [0.2, 0.25) is 0 Å². The molecule has 0 aliphatic rings. The molecule has 1 aromatic rings. The van der Waals surface area contributed by atoms with Gasteiger partial charge in [0, 0.05) is 5.56 Å². The SMILES string of the molecule is Cc1cc(Cl)c(C(NN)=C(C#N)C#N)c(Cl)c1Cl. The number of nitrogens with zero attached hydrogens (tertiary/aromatic N) is 2. The Morgan fingerprint density at radius 2 is 1.78 bits per heavy atom. The third kappa shape index (κ3) is 2.53. The van der Waals surface area contributed by atoms with Crippen LogP contribution in [0.1, 0.15) is 11.1 Å². The number of hydrogen-bond acceptors (Lipinski definition) is 4. The van der Waals surface area contributed by atoms with Crippen LogP contribution in [-0.4, -0.2) is 0 Å². The Morgan fingerprint density at radius 1 is 1.22 bits per heavy atom. The number of aryl methyl sites for hydroxylation is 1. The van der Waals surface area contributed by atoms with E-state index in [9.17, 15) is 0 Å². The molecule has 0 saturated carbocycles. The third-order valence-electron chi connectivity index (χ3n) is 2.21. The highest BCUT2D eigenvalue weighted by Gasteiger charge is 2.19. The minimum atomic E-state index is -0.235. The van der Waals surface area contributed by atoms with Crippen molar-refractivity contribution in [3.63, 3.8) is 0 Å². The Kier molecular flexibility index (Phi) is 4.84. The summed E-state index contributed by atoms with van der Waals surface area (Å²) in [5.41, 5.74) is 2.97. The molecule has 1 aromatic carbocycles. The fourth-order valence-corrected chi connectivity index (χ4v) is 2.24. The zero-order valence-corrected chi connectivity index (χ0v) is 11.5. The monoisotopic (exact) mass is 300 g/mol. The van der Waals surface area contributed by atoms with E-state index in [1.807, 2.05) is 0 Å². The summed E-state index contributed by atoms with van der Waals surface area (Å²) in [6, 6.07) is 4.99. The van der Waals surface area contributed by atoms with Crippen LogP contribution in [0.2, 0.25) is 15.1 Å². The third-order valence-corrected chi connectivity index (χ3v) is 3.47. The van der Waals surface area contributed by atoms with Crippen molar-refractivity contribution in [2.45, 2.75) is 6.92 Å². The molecule has 4 nitrogen and oxygen atoms in total. The van der Waals surface area contributed by atoms with Crippen molar-refractivity contribution in [1.29, 1.82) is 10.5 Å². The molecule has 0 aliphatic carbocycles. The van der Waals surface area contributed by atoms with E-state index in [1.165, 1.54) is 0 Å². The average molecular weight is 302 g/mol. The minimum Gasteiger partial charge on any atom is -0.322 e. The van der Waals surface area contributed by atoms with Gasteiger partial charge in [-0.2, -0.15) is 10.5 Å². The van der Waals surface area contributed by atoms with E-state index >= 15 is 0 Å². The van der Waals surface area contributed by atoms with Gasteiger partial charge in [-0.15, -0.1) is 0 Å². The van der Waals surface area contributed by atoms with Gasteiger partial charge >= 0.3 is 0 Å². The maximum atomic E-state index is 8.85. The molecule has 0 aromatic heterocycles. The van der Waals surface area contributed by atoms with Crippen LogP contribution in [0.25, 0.3) is 5.70 Å². The minimum absolute atomic E-state index is 0.0388. The zero-order valence-electron chi connectivity index (χ0n) is 9.18. The Labute approximate surface area is 119 Å². The second-order valence-electron chi connectivity index (χ2n) is 3.30. The Hall–Kier alpha value is -1.43. The number of hydrogen-bond donors (Lipinski definition) is 2. The van der Waals surface area contributed by atoms with E-state index in [-0.39, 0.29) is 26.9 Å². The standard InChI is InChI=1S/C11H7Cl3N4/c1-5-2-7(12)8(10(14)9(5)13)11(18-17)6(3-15)4-16/h2,18H,17H2,1H3. The molecule has 92 valence electrons. The van der Waals surface area contributed by atoms with Crippen LogP contribution in [0.15, 0.2) is 11.6 Å². The first-order chi connectivity index (χ1) is 8.47. The predicted octanol–water partition coefficient (Wildman–Crippen LogP) is 3.18. The molecule has 3 N–H and O–H groups in total. The lowest BCUT2D eigenvalue weighted by molar-refractivity contribution is 0.987. The van der Waals surface area contributed by atoms with Gasteiger partial charge in [0.05, 0.1) is 20.8 Å². The largest absolute Gasteiger partial charge is 0.322 e. The van der Waals surface area contributed by atoms with Crippen LogP contribution in [0, 0.1) is 29.6 Å². The van der Waals surface area contributed by atoms with Crippen LogP contribution in [0.5, 0.6) is 0 Å². The number of benzene rings is 1. The maximum absolute atomic E-state index is 8.85. The van der Waals surface area contributed by atoms with Gasteiger partial charge in [0.15, 0.2) is 5.57 Å². The molecular formula is C11H7Cl3N4. The average Bonchev–Trinajstić information content (AvgIpc) is 2.35. The Bertz CT molecular complexity index is 592. The first kappa shape index (κ1) is 14.6. The van der Waals surface area contributed by atoms with E-state index in [0.29, 0.717) is 10.6 Å². The topological polar surface area (TPSA) is 85.6 Å². The molecular weight excluding hydrogens is 295 g/mol. The van der Waals surface area contributed by atoms with E-state index in [1.54, 1.807) is 25.1 Å². The number of allylic oxidation sites excluding steroid dienone is 1. The molecule has 0 bridgehead atoms. The number of nitrogens with two attached hydrogens (primary N) is 1. The highest BCUT2D eigenvalue weighted by molar-refractivity contribution is 6.45. The van der Waals surface area contributed by atoms with E-state index < -0.39 is 0 Å². The molecule has 0 aliphatic heterocycles. The smallest absolute Gasteiger partial charge is 0.154 e. The van der Waals surface area contributed by atoms with Gasteiger partial charge < -0.3 is 5.43 Å². The summed E-state index contributed by atoms with van der Waals surface area (Å²) in [7, 11) is 0. The van der Waals surface area contributed by atoms with Crippen LogP contribution in [-0.2, 0) is 0 Å². The molecule has 0 unspecified atom stereocenters. The fourth-order valence-electron chi connectivity index (χ4n) is 1.35. The number of halogens is 3. The molecule has 0 saturated heterocycles. The molecule has 18 heavy (non-hydrogen) atoms. The van der Waals surface area contributed by atoms with Crippen molar-refractivity contribution < 1.29 is 0 Å². The number of hydrazine groups is 1. The molecule has 0 radical (unpaired) electrons. The summed E-state index contributed by atoms with van der Waals surface area (Å²) in [4.78, 5) is 0. The Morgan fingerprint density at radius 3 is 2.22 bits per heavy atom. The van der Waals surface area contributed by atoms with Gasteiger partial charge in [-0.05, 0) is 18.6 Å². The summed E-state index contributed by atoms with van der Waals surface area (Å²) in [6.07, 6.45) is 0. The van der Waals surface area contributed by atoms with Crippen molar-refractivity contribution >= 4 is 40.5 Å². The number of nitriles is 2. The fraction of sp³-hybridized carbons (Fsp3) is 0.0909. The maximum Gasteiger partial charge on any atom is 0.154 e. The van der Waals surface area contributed by atoms with Crippen LogP contribution in [0.4, 0.5) is 0 Å². The molecule has 0 amide bonds. The van der Waals surface area contributed by atoms with Crippen LogP contribution in [0.3, 0.4) is 0 Å². The molecule has 0 fully saturated rings. The highest BCUT2D eigenvalue weighted by atomic mass is 35.5. The van der Waals surface area contributed by atoms with E-state index in [2.05, 4.69) is 5.43 Å². The molecule has 0 spiro atoms. The molecule has 0 heterocycles. The van der Waals surface area contributed by atoms with E-state index in [0.717, 1.165) is 0 Å². The zero-order chi connectivity index (χ0) is 13.9. The Balaban J connectivity index is 3.72. The lowest BCUT2D eigenvalue weighted by atomic mass is 10.1. The van der Waals surface area contributed by atoms with Crippen molar-refractivity contribution in [1.82, 2.24) is 5.43 Å². The second kappa shape index (κ2) is 5.95. The lowest BCUT2D eigenvalue weighted by Crippen LogP contribution is -2.22. The number of rotatable bonds is 2.